The fraction of sp³-hybridized carbons (Fsp3) is 0.321. The predicted octanol–water partition coefficient (Wildman–Crippen LogP) is 4.26. The van der Waals surface area contributed by atoms with E-state index in [1.54, 1.807) is 24.4 Å². The molecule has 0 saturated carbocycles. The highest BCUT2D eigenvalue weighted by atomic mass is 35.5. The smallest absolute Gasteiger partial charge is 0.143 e. The molecule has 0 bridgehead atoms. The third-order valence-electron chi connectivity index (χ3n) is 7.08. The standard InChI is InChI=1S/C28H31Cl2N7O3/c1-37-10-7-17(14-37)40-16-6-8-28(32,22(31)11-16)23-12-19(34-15-35-23)18-5-4-9-33-27(18)36-26-24(29)20(38-2)13-21(39-3)25(26)30/h4-6,8-9,11-13,15,17,22H,7,10,14,31-32H2,1-3H3,(H,33,36). The van der Waals surface area contributed by atoms with E-state index in [-0.39, 0.29) is 16.1 Å². The average molecular weight is 585 g/mol. The molecule has 2 aromatic heterocycles. The van der Waals surface area contributed by atoms with Gasteiger partial charge in [-0.1, -0.05) is 29.3 Å². The number of ether oxygens (including phenoxy) is 3. The summed E-state index contributed by atoms with van der Waals surface area (Å²) in [5.41, 5.74) is 14.5. The molecule has 210 valence electrons. The Hall–Kier alpha value is -3.41. The molecule has 0 radical (unpaired) electrons. The van der Waals surface area contributed by atoms with Gasteiger partial charge in [0.15, 0.2) is 0 Å². The van der Waals surface area contributed by atoms with Crippen LogP contribution in [0.25, 0.3) is 11.3 Å². The van der Waals surface area contributed by atoms with Crippen LogP contribution in [0, 0.1) is 0 Å². The topological polar surface area (TPSA) is 134 Å². The van der Waals surface area contributed by atoms with Gasteiger partial charge in [0.05, 0.1) is 42.9 Å². The first-order valence-electron chi connectivity index (χ1n) is 12.7. The first kappa shape index (κ1) is 28.1. The minimum atomic E-state index is -1.07. The second-order valence-corrected chi connectivity index (χ2v) is 10.5. The van der Waals surface area contributed by atoms with Crippen molar-refractivity contribution in [2.45, 2.75) is 24.1 Å². The maximum atomic E-state index is 6.82. The number of halogens is 2. The van der Waals surface area contributed by atoms with E-state index in [4.69, 9.17) is 48.9 Å². The Balaban J connectivity index is 1.44. The van der Waals surface area contributed by atoms with Crippen molar-refractivity contribution in [3.8, 4) is 22.8 Å². The minimum absolute atomic E-state index is 0.132. The third kappa shape index (κ3) is 5.45. The summed E-state index contributed by atoms with van der Waals surface area (Å²) < 4.78 is 16.9. The zero-order chi connectivity index (χ0) is 28.4. The van der Waals surface area contributed by atoms with E-state index in [9.17, 15) is 0 Å². The second-order valence-electron chi connectivity index (χ2n) is 9.75. The Morgan fingerprint density at radius 3 is 2.50 bits per heavy atom. The molecule has 1 fully saturated rings. The van der Waals surface area contributed by atoms with Crippen molar-refractivity contribution < 1.29 is 14.2 Å². The van der Waals surface area contributed by atoms with E-state index in [1.807, 2.05) is 24.3 Å². The molecule has 0 amide bonds. The van der Waals surface area contributed by atoms with Gasteiger partial charge in [0, 0.05) is 30.9 Å². The summed E-state index contributed by atoms with van der Waals surface area (Å²) in [7, 11) is 5.10. The van der Waals surface area contributed by atoms with Gasteiger partial charge in [0.25, 0.3) is 0 Å². The normalized spacial score (nSPS) is 22.6. The Labute approximate surface area is 242 Å². The Kier molecular flexibility index (Phi) is 8.16. The zero-order valence-corrected chi connectivity index (χ0v) is 23.9. The summed E-state index contributed by atoms with van der Waals surface area (Å²) >= 11 is 13.2. The summed E-state index contributed by atoms with van der Waals surface area (Å²) in [6, 6.07) is 6.51. The SMILES string of the molecule is COc1cc(OC)c(Cl)c(Nc2ncccc2-c2cc(C3(N)C=CC(OC4CCN(C)C4)=CC3N)ncn2)c1Cl. The third-order valence-corrected chi connectivity index (χ3v) is 7.83. The number of nitrogens with two attached hydrogens (primary N) is 2. The van der Waals surface area contributed by atoms with E-state index in [0.29, 0.717) is 45.7 Å². The van der Waals surface area contributed by atoms with Crippen LogP contribution in [-0.2, 0) is 10.3 Å². The van der Waals surface area contributed by atoms with Crippen molar-refractivity contribution in [3.63, 3.8) is 0 Å². The molecule has 40 heavy (non-hydrogen) atoms. The van der Waals surface area contributed by atoms with Gasteiger partial charge in [0.1, 0.15) is 45.6 Å². The lowest BCUT2D eigenvalue weighted by molar-refractivity contribution is 0.129. The number of hydrogen-bond donors (Lipinski definition) is 3. The quantitative estimate of drug-likeness (QED) is 0.353. The molecule has 12 heteroatoms. The predicted molar refractivity (Wildman–Crippen MR) is 156 cm³/mol. The average Bonchev–Trinajstić information content (AvgIpc) is 3.37. The van der Waals surface area contributed by atoms with Crippen LogP contribution in [-0.4, -0.2) is 66.4 Å². The molecule has 1 saturated heterocycles. The zero-order valence-electron chi connectivity index (χ0n) is 22.4. The molecular weight excluding hydrogens is 553 g/mol. The number of nitrogens with one attached hydrogen (secondary N) is 1. The monoisotopic (exact) mass is 583 g/mol. The number of nitrogens with zero attached hydrogens (tertiary/aromatic N) is 4. The lowest BCUT2D eigenvalue weighted by Crippen LogP contribution is -2.52. The van der Waals surface area contributed by atoms with E-state index < -0.39 is 11.6 Å². The van der Waals surface area contributed by atoms with Gasteiger partial charge >= 0.3 is 0 Å². The summed E-state index contributed by atoms with van der Waals surface area (Å²) in [5.74, 6) is 1.96. The van der Waals surface area contributed by atoms with Crippen molar-refractivity contribution in [3.05, 3.63) is 76.5 Å². The summed E-state index contributed by atoms with van der Waals surface area (Å²) in [6.07, 6.45) is 9.74. The van der Waals surface area contributed by atoms with Crippen molar-refractivity contribution in [2.75, 3.05) is 39.7 Å². The summed E-state index contributed by atoms with van der Waals surface area (Å²) in [5, 5.41) is 3.78. The van der Waals surface area contributed by atoms with Gasteiger partial charge in [-0.15, -0.1) is 0 Å². The molecule has 1 aromatic carbocycles. The summed E-state index contributed by atoms with van der Waals surface area (Å²) in [6.45, 7) is 1.89. The van der Waals surface area contributed by atoms with E-state index in [0.717, 1.165) is 19.5 Å². The van der Waals surface area contributed by atoms with E-state index in [2.05, 4.69) is 32.2 Å². The van der Waals surface area contributed by atoms with Gasteiger partial charge < -0.3 is 35.9 Å². The molecule has 1 aliphatic heterocycles. The first-order chi connectivity index (χ1) is 19.2. The molecule has 2 aliphatic rings. The van der Waals surface area contributed by atoms with Crippen LogP contribution in [0.2, 0.25) is 10.0 Å². The van der Waals surface area contributed by atoms with Gasteiger partial charge in [-0.3, -0.25) is 0 Å². The Bertz CT molecular complexity index is 1440. The number of allylic oxidation sites excluding steroid dienone is 1. The highest BCUT2D eigenvalue weighted by Gasteiger charge is 2.36. The van der Waals surface area contributed by atoms with Crippen LogP contribution in [0.1, 0.15) is 12.1 Å². The molecular formula is C28H31Cl2N7O3. The van der Waals surface area contributed by atoms with Crippen LogP contribution in [0.15, 0.2) is 60.8 Å². The van der Waals surface area contributed by atoms with E-state index >= 15 is 0 Å². The van der Waals surface area contributed by atoms with Gasteiger partial charge in [-0.25, -0.2) is 15.0 Å². The van der Waals surface area contributed by atoms with Gasteiger partial charge in [-0.2, -0.15) is 0 Å². The summed E-state index contributed by atoms with van der Waals surface area (Å²) in [4.78, 5) is 15.7. The lowest BCUT2D eigenvalue weighted by Gasteiger charge is -2.33. The maximum Gasteiger partial charge on any atom is 0.143 e. The molecule has 5 rings (SSSR count). The molecule has 0 spiro atoms. The second kappa shape index (κ2) is 11.6. The molecule has 3 heterocycles. The number of hydrogen-bond acceptors (Lipinski definition) is 10. The van der Waals surface area contributed by atoms with Gasteiger partial charge in [-0.05, 0) is 43.8 Å². The Morgan fingerprint density at radius 1 is 1.10 bits per heavy atom. The first-order valence-corrected chi connectivity index (χ1v) is 13.4. The van der Waals surface area contributed by atoms with Crippen LogP contribution in [0.4, 0.5) is 11.5 Å². The van der Waals surface area contributed by atoms with Crippen molar-refractivity contribution in [2.24, 2.45) is 11.5 Å². The lowest BCUT2D eigenvalue weighted by atomic mass is 9.83. The number of pyridine rings is 1. The molecule has 5 N–H and O–H groups in total. The number of aromatic nitrogens is 3. The van der Waals surface area contributed by atoms with Crippen LogP contribution in [0.5, 0.6) is 11.5 Å². The van der Waals surface area contributed by atoms with Crippen molar-refractivity contribution in [1.82, 2.24) is 19.9 Å². The number of likely N-dealkylation sites (N-methyl/N-ethyl adjacent to an activating group) is 1. The highest BCUT2D eigenvalue weighted by molar-refractivity contribution is 6.41. The highest BCUT2D eigenvalue weighted by Crippen LogP contribution is 2.46. The molecule has 10 nitrogen and oxygen atoms in total. The number of methoxy groups -OCH3 is 2. The maximum absolute atomic E-state index is 6.82. The number of likely N-dealkylation sites (tertiary alicyclic amines) is 1. The van der Waals surface area contributed by atoms with Crippen molar-refractivity contribution in [1.29, 1.82) is 0 Å². The number of anilines is 2. The fourth-order valence-corrected chi connectivity index (χ4v) is 5.38. The molecule has 3 unspecified atom stereocenters. The molecule has 3 aromatic rings. The van der Waals surface area contributed by atoms with Crippen molar-refractivity contribution >= 4 is 34.7 Å². The molecule has 1 aliphatic carbocycles. The number of benzene rings is 1. The van der Waals surface area contributed by atoms with Gasteiger partial charge in [0.2, 0.25) is 0 Å². The fourth-order valence-electron chi connectivity index (χ4n) is 4.79. The number of rotatable bonds is 8. The minimum Gasteiger partial charge on any atom is -0.495 e. The van der Waals surface area contributed by atoms with Crippen LogP contribution in [0.3, 0.4) is 0 Å². The largest absolute Gasteiger partial charge is 0.495 e. The van der Waals surface area contributed by atoms with Crippen LogP contribution < -0.4 is 26.3 Å². The van der Waals surface area contributed by atoms with E-state index in [1.165, 1.54) is 20.5 Å². The Morgan fingerprint density at radius 2 is 1.85 bits per heavy atom. The van der Waals surface area contributed by atoms with Crippen LogP contribution >= 0.6 is 23.2 Å². The molecule has 3 atom stereocenters.